The van der Waals surface area contributed by atoms with E-state index < -0.39 is 17.4 Å². The molecule has 0 spiro atoms. The zero-order valence-corrected chi connectivity index (χ0v) is 14.1. The fraction of sp³-hybridized carbons (Fsp3) is 0.688. The number of nitrogens with zero attached hydrogens (tertiary/aromatic N) is 2. The van der Waals surface area contributed by atoms with Crippen molar-refractivity contribution in [3.8, 4) is 0 Å². The summed E-state index contributed by atoms with van der Waals surface area (Å²) >= 11 is 0. The molecule has 0 aliphatic rings. The van der Waals surface area contributed by atoms with Gasteiger partial charge in [-0.05, 0) is 39.2 Å². The van der Waals surface area contributed by atoms with Gasteiger partial charge in [-0.1, -0.05) is 27.2 Å². The van der Waals surface area contributed by atoms with Crippen molar-refractivity contribution in [1.29, 1.82) is 0 Å². The molecule has 0 bridgehead atoms. The first-order valence-corrected chi connectivity index (χ1v) is 7.91. The topological polar surface area (TPSA) is 84.2 Å². The number of carboxylic acid groups (broad SMARTS) is 1. The van der Waals surface area contributed by atoms with E-state index in [1.165, 1.54) is 6.92 Å². The van der Waals surface area contributed by atoms with Gasteiger partial charge < -0.3 is 10.4 Å². The average molecular weight is 309 g/mol. The first-order valence-electron chi connectivity index (χ1n) is 7.91. The summed E-state index contributed by atoms with van der Waals surface area (Å²) in [6, 6.07) is 1.96. The molecule has 0 fully saturated rings. The number of aromatic nitrogens is 2. The molecular formula is C16H27N3O3. The summed E-state index contributed by atoms with van der Waals surface area (Å²) in [5.41, 5.74) is -0.0855. The SMILES string of the molecule is CCCC(C)(NC(=O)c1cc(C)n(C(CC)CC)n1)C(=O)O. The van der Waals surface area contributed by atoms with Crippen molar-refractivity contribution < 1.29 is 14.7 Å². The Morgan fingerprint density at radius 1 is 1.36 bits per heavy atom. The van der Waals surface area contributed by atoms with E-state index in [1.807, 2.05) is 18.5 Å². The molecule has 2 N–H and O–H groups in total. The number of carbonyl (C=O) groups is 2. The maximum atomic E-state index is 12.4. The molecule has 1 atom stereocenters. The minimum atomic E-state index is -1.27. The maximum absolute atomic E-state index is 12.4. The summed E-state index contributed by atoms with van der Waals surface area (Å²) in [5.74, 6) is -1.47. The van der Waals surface area contributed by atoms with Gasteiger partial charge in [0, 0.05) is 5.69 Å². The van der Waals surface area contributed by atoms with Crippen molar-refractivity contribution in [2.24, 2.45) is 0 Å². The molecule has 1 unspecified atom stereocenters. The number of nitrogens with one attached hydrogen (secondary N) is 1. The Morgan fingerprint density at radius 2 is 1.95 bits per heavy atom. The molecule has 6 heteroatoms. The average Bonchev–Trinajstić information content (AvgIpc) is 2.83. The molecule has 0 saturated heterocycles. The van der Waals surface area contributed by atoms with Crippen LogP contribution in [0.5, 0.6) is 0 Å². The van der Waals surface area contributed by atoms with Crippen molar-refractivity contribution in [2.75, 3.05) is 0 Å². The maximum Gasteiger partial charge on any atom is 0.329 e. The molecule has 0 radical (unpaired) electrons. The van der Waals surface area contributed by atoms with E-state index in [9.17, 15) is 14.7 Å². The number of amides is 1. The predicted molar refractivity (Wildman–Crippen MR) is 85.0 cm³/mol. The van der Waals surface area contributed by atoms with Crippen LogP contribution in [-0.4, -0.2) is 32.3 Å². The van der Waals surface area contributed by atoms with Crippen LogP contribution >= 0.6 is 0 Å². The number of carboxylic acids is 1. The van der Waals surface area contributed by atoms with Gasteiger partial charge in [-0.15, -0.1) is 0 Å². The van der Waals surface area contributed by atoms with Crippen LogP contribution in [0.25, 0.3) is 0 Å². The third-order valence-electron chi connectivity index (χ3n) is 4.05. The Bertz CT molecular complexity index is 535. The highest BCUT2D eigenvalue weighted by Crippen LogP contribution is 2.19. The van der Waals surface area contributed by atoms with Gasteiger partial charge in [0.1, 0.15) is 11.2 Å². The summed E-state index contributed by atoms with van der Waals surface area (Å²) in [4.78, 5) is 23.8. The molecule has 1 rings (SSSR count). The Labute approximate surface area is 131 Å². The van der Waals surface area contributed by atoms with E-state index in [0.29, 0.717) is 12.8 Å². The van der Waals surface area contributed by atoms with Crippen molar-refractivity contribution in [3.05, 3.63) is 17.5 Å². The Hall–Kier alpha value is -1.85. The first-order chi connectivity index (χ1) is 10.3. The second-order valence-corrected chi connectivity index (χ2v) is 5.93. The molecule has 1 aromatic heterocycles. The summed E-state index contributed by atoms with van der Waals surface area (Å²) < 4.78 is 1.85. The van der Waals surface area contributed by atoms with Gasteiger partial charge >= 0.3 is 5.97 Å². The van der Waals surface area contributed by atoms with Crippen LogP contribution in [0.1, 0.15) is 75.6 Å². The lowest BCUT2D eigenvalue weighted by Crippen LogP contribution is -2.52. The quantitative estimate of drug-likeness (QED) is 0.773. The lowest BCUT2D eigenvalue weighted by atomic mass is 9.96. The van der Waals surface area contributed by atoms with Gasteiger partial charge in [0.15, 0.2) is 0 Å². The van der Waals surface area contributed by atoms with Crippen LogP contribution < -0.4 is 5.32 Å². The predicted octanol–water partition coefficient (Wildman–Crippen LogP) is 2.93. The van der Waals surface area contributed by atoms with Gasteiger partial charge in [0.05, 0.1) is 6.04 Å². The Kier molecular flexibility index (Phi) is 6.14. The largest absolute Gasteiger partial charge is 0.480 e. The Morgan fingerprint density at radius 3 is 2.41 bits per heavy atom. The highest BCUT2D eigenvalue weighted by Gasteiger charge is 2.34. The highest BCUT2D eigenvalue weighted by atomic mass is 16.4. The van der Waals surface area contributed by atoms with Gasteiger partial charge in [-0.25, -0.2) is 4.79 Å². The fourth-order valence-corrected chi connectivity index (χ4v) is 2.64. The van der Waals surface area contributed by atoms with Crippen molar-refractivity contribution in [2.45, 2.75) is 71.9 Å². The number of hydrogen-bond donors (Lipinski definition) is 2. The molecule has 1 heterocycles. The van der Waals surface area contributed by atoms with Crippen LogP contribution in [0.3, 0.4) is 0 Å². The lowest BCUT2D eigenvalue weighted by molar-refractivity contribution is -0.144. The zero-order chi connectivity index (χ0) is 16.9. The van der Waals surface area contributed by atoms with Gasteiger partial charge in [0.25, 0.3) is 5.91 Å². The Balaban J connectivity index is 2.99. The second-order valence-electron chi connectivity index (χ2n) is 5.93. The van der Waals surface area contributed by atoms with E-state index >= 15 is 0 Å². The van der Waals surface area contributed by atoms with Crippen LogP contribution in [0, 0.1) is 6.92 Å². The molecule has 22 heavy (non-hydrogen) atoms. The molecule has 0 saturated carbocycles. The fourth-order valence-electron chi connectivity index (χ4n) is 2.64. The van der Waals surface area contributed by atoms with E-state index in [-0.39, 0.29) is 11.7 Å². The molecule has 1 amide bonds. The molecular weight excluding hydrogens is 282 g/mol. The highest BCUT2D eigenvalue weighted by molar-refractivity contribution is 5.96. The first kappa shape index (κ1) is 18.2. The third-order valence-corrected chi connectivity index (χ3v) is 4.05. The van der Waals surface area contributed by atoms with E-state index in [2.05, 4.69) is 24.3 Å². The molecule has 124 valence electrons. The summed E-state index contributed by atoms with van der Waals surface area (Å²) in [7, 11) is 0. The van der Waals surface area contributed by atoms with Crippen LogP contribution in [0.2, 0.25) is 0 Å². The third kappa shape index (κ3) is 3.87. The summed E-state index contributed by atoms with van der Waals surface area (Å²) in [6.45, 7) is 9.49. The van der Waals surface area contributed by atoms with E-state index in [1.54, 1.807) is 6.07 Å². The van der Waals surface area contributed by atoms with E-state index in [0.717, 1.165) is 18.5 Å². The van der Waals surface area contributed by atoms with Gasteiger partial charge in [0.2, 0.25) is 0 Å². The van der Waals surface area contributed by atoms with Gasteiger partial charge in [-0.2, -0.15) is 5.10 Å². The van der Waals surface area contributed by atoms with Crippen molar-refractivity contribution in [1.82, 2.24) is 15.1 Å². The van der Waals surface area contributed by atoms with Crippen molar-refractivity contribution >= 4 is 11.9 Å². The van der Waals surface area contributed by atoms with E-state index in [4.69, 9.17) is 0 Å². The summed E-state index contributed by atoms with van der Waals surface area (Å²) in [6.07, 6.45) is 2.91. The molecule has 1 aromatic rings. The van der Waals surface area contributed by atoms with Crippen molar-refractivity contribution in [3.63, 3.8) is 0 Å². The van der Waals surface area contributed by atoms with Crippen LogP contribution in [0.4, 0.5) is 0 Å². The lowest BCUT2D eigenvalue weighted by Gasteiger charge is -2.25. The second kappa shape index (κ2) is 7.42. The standard InChI is InChI=1S/C16H27N3O3/c1-6-9-16(5,15(21)22)17-14(20)13-10-11(4)19(18-13)12(7-2)8-3/h10,12H,6-9H2,1-5H3,(H,17,20)(H,21,22). The van der Waals surface area contributed by atoms with Crippen LogP contribution in [-0.2, 0) is 4.79 Å². The van der Waals surface area contributed by atoms with Crippen LogP contribution in [0.15, 0.2) is 6.07 Å². The number of hydrogen-bond acceptors (Lipinski definition) is 3. The minimum Gasteiger partial charge on any atom is -0.480 e. The molecule has 0 aromatic carbocycles. The molecule has 0 aliphatic heterocycles. The number of aliphatic carboxylic acids is 1. The zero-order valence-electron chi connectivity index (χ0n) is 14.1. The number of aryl methyl sites for hydroxylation is 1. The molecule has 0 aliphatic carbocycles. The summed E-state index contributed by atoms with van der Waals surface area (Å²) in [5, 5.41) is 16.3. The molecule has 6 nitrogen and oxygen atoms in total. The number of carbonyl (C=O) groups excluding carboxylic acids is 1. The minimum absolute atomic E-state index is 0.253. The monoisotopic (exact) mass is 309 g/mol. The van der Waals surface area contributed by atoms with Gasteiger partial charge in [-0.3, -0.25) is 9.48 Å². The number of rotatable bonds is 8. The smallest absolute Gasteiger partial charge is 0.329 e. The normalized spacial score (nSPS) is 13.9.